The van der Waals surface area contributed by atoms with Crippen LogP contribution < -0.4 is 37.3 Å². The Balaban J connectivity index is 0.000000838. The van der Waals surface area contributed by atoms with Crippen LogP contribution in [0.4, 0.5) is 24.7 Å². The third kappa shape index (κ3) is 10.5. The summed E-state index contributed by atoms with van der Waals surface area (Å²) in [7, 11) is 0. The first-order chi connectivity index (χ1) is 23.0. The van der Waals surface area contributed by atoms with E-state index in [1.807, 2.05) is 45.0 Å². The highest BCUT2D eigenvalue weighted by molar-refractivity contribution is 5.99. The lowest BCUT2D eigenvalue weighted by Gasteiger charge is -2.22. The third-order valence-corrected chi connectivity index (χ3v) is 6.60. The Morgan fingerprint density at radius 3 is 2.10 bits per heavy atom. The fraction of sp³-hybridized carbons (Fsp3) is 0.242. The number of hydrogen-bond acceptors (Lipinski definition) is 9. The van der Waals surface area contributed by atoms with Crippen molar-refractivity contribution in [1.82, 2.24) is 10.3 Å². The van der Waals surface area contributed by atoms with Gasteiger partial charge in [0, 0.05) is 34.9 Å². The molecule has 16 heteroatoms. The number of nitrogens with zero attached hydrogens (tertiary/aromatic N) is 1. The first-order valence-corrected chi connectivity index (χ1v) is 14.7. The molecule has 0 aliphatic heterocycles. The molecule has 3 amide bonds. The van der Waals surface area contributed by atoms with Gasteiger partial charge in [-0.05, 0) is 91.9 Å². The van der Waals surface area contributed by atoms with Gasteiger partial charge in [-0.3, -0.25) is 14.4 Å². The van der Waals surface area contributed by atoms with Crippen LogP contribution in [0.3, 0.4) is 0 Å². The maximum Gasteiger partial charge on any atom is 0.490 e. The number of ether oxygens (including phenoxy) is 2. The predicted octanol–water partition coefficient (Wildman–Crippen LogP) is 4.30. The number of pyridine rings is 1. The van der Waals surface area contributed by atoms with E-state index in [1.54, 1.807) is 24.4 Å². The average molecular weight is 685 g/mol. The highest BCUT2D eigenvalue weighted by atomic mass is 19.4. The summed E-state index contributed by atoms with van der Waals surface area (Å²) < 4.78 is 43.5. The Hall–Kier alpha value is -6.06. The SMILES string of the molecule is CCOc1cc([C@@H](Nc2ccc3c(N)nccc3c2)C(=O)NCc2cc(C(N)=O)cc(C(N)=O)c2)ccc1OC(C)C.O=C(O)C(F)(F)F. The molecule has 260 valence electrons. The molecular formula is C33H35F3N6O7. The number of amides is 3. The summed E-state index contributed by atoms with van der Waals surface area (Å²) in [5, 5.41) is 15.0. The molecule has 1 aromatic heterocycles. The normalized spacial score (nSPS) is 11.6. The number of carbonyl (C=O) groups excluding carboxylic acids is 3. The number of anilines is 2. The van der Waals surface area contributed by atoms with Crippen molar-refractivity contribution in [2.24, 2.45) is 11.5 Å². The van der Waals surface area contributed by atoms with Gasteiger partial charge in [-0.15, -0.1) is 0 Å². The minimum atomic E-state index is -5.08. The maximum atomic E-state index is 13.7. The molecule has 0 saturated heterocycles. The number of primary amides is 2. The zero-order chi connectivity index (χ0) is 36.5. The van der Waals surface area contributed by atoms with Crippen molar-refractivity contribution in [3.05, 3.63) is 89.1 Å². The van der Waals surface area contributed by atoms with Crippen molar-refractivity contribution in [3.63, 3.8) is 0 Å². The van der Waals surface area contributed by atoms with Crippen LogP contribution in [-0.4, -0.2) is 52.7 Å². The number of carboxylic acid groups (broad SMARTS) is 1. The van der Waals surface area contributed by atoms with Gasteiger partial charge in [0.05, 0.1) is 12.7 Å². The van der Waals surface area contributed by atoms with Gasteiger partial charge in [0.1, 0.15) is 11.9 Å². The van der Waals surface area contributed by atoms with Gasteiger partial charge in [0.25, 0.3) is 0 Å². The van der Waals surface area contributed by atoms with Gasteiger partial charge in [-0.2, -0.15) is 13.2 Å². The Morgan fingerprint density at radius 1 is 0.918 bits per heavy atom. The summed E-state index contributed by atoms with van der Waals surface area (Å²) >= 11 is 0. The third-order valence-electron chi connectivity index (χ3n) is 6.60. The van der Waals surface area contributed by atoms with E-state index in [0.29, 0.717) is 40.7 Å². The number of aliphatic carboxylic acids is 1. The van der Waals surface area contributed by atoms with E-state index in [1.165, 1.54) is 18.2 Å². The fourth-order valence-electron chi connectivity index (χ4n) is 4.45. The summed E-state index contributed by atoms with van der Waals surface area (Å²) in [6.45, 7) is 6.11. The summed E-state index contributed by atoms with van der Waals surface area (Å²) in [6, 6.07) is 16.1. The predicted molar refractivity (Wildman–Crippen MR) is 175 cm³/mol. The second-order valence-corrected chi connectivity index (χ2v) is 10.7. The molecular weight excluding hydrogens is 649 g/mol. The van der Waals surface area contributed by atoms with E-state index in [0.717, 1.165) is 10.8 Å². The monoisotopic (exact) mass is 684 g/mol. The maximum absolute atomic E-state index is 13.7. The zero-order valence-corrected chi connectivity index (χ0v) is 26.6. The Morgan fingerprint density at radius 2 is 1.55 bits per heavy atom. The van der Waals surface area contributed by atoms with Crippen LogP contribution in [0.5, 0.6) is 11.5 Å². The summed E-state index contributed by atoms with van der Waals surface area (Å²) in [6.07, 6.45) is -3.54. The van der Waals surface area contributed by atoms with Gasteiger partial charge in [0.15, 0.2) is 11.5 Å². The van der Waals surface area contributed by atoms with E-state index in [2.05, 4.69) is 15.6 Å². The van der Waals surface area contributed by atoms with Crippen molar-refractivity contribution in [2.75, 3.05) is 17.7 Å². The number of hydrogen-bond donors (Lipinski definition) is 6. The smallest absolute Gasteiger partial charge is 0.490 e. The largest absolute Gasteiger partial charge is 0.490 e. The van der Waals surface area contributed by atoms with Gasteiger partial charge in [0.2, 0.25) is 17.7 Å². The number of nitrogen functional groups attached to an aromatic ring is 1. The summed E-state index contributed by atoms with van der Waals surface area (Å²) in [4.78, 5) is 50.4. The number of alkyl halides is 3. The van der Waals surface area contributed by atoms with Crippen molar-refractivity contribution in [3.8, 4) is 11.5 Å². The lowest BCUT2D eigenvalue weighted by molar-refractivity contribution is -0.192. The summed E-state index contributed by atoms with van der Waals surface area (Å²) in [5.74, 6) is -3.11. The fourth-order valence-corrected chi connectivity index (χ4v) is 4.45. The number of fused-ring (bicyclic) bond motifs is 1. The van der Waals surface area contributed by atoms with E-state index in [-0.39, 0.29) is 29.7 Å². The molecule has 49 heavy (non-hydrogen) atoms. The van der Waals surface area contributed by atoms with Crippen LogP contribution in [0.2, 0.25) is 0 Å². The first kappa shape index (κ1) is 37.4. The number of carbonyl (C=O) groups is 4. The molecule has 4 rings (SSSR count). The minimum absolute atomic E-state index is 0.00516. The highest BCUT2D eigenvalue weighted by Gasteiger charge is 2.38. The van der Waals surface area contributed by atoms with Gasteiger partial charge >= 0.3 is 12.1 Å². The van der Waals surface area contributed by atoms with E-state index < -0.39 is 30.0 Å². The number of rotatable bonds is 12. The lowest BCUT2D eigenvalue weighted by atomic mass is 10.0. The standard InChI is InChI=1S/C31H34N6O5.C2HF3O2/c1-4-41-26-15-20(5-8-25(26)42-17(2)3)27(37-23-6-7-24-19(14-23)9-10-35-28(24)32)31(40)36-16-18-11-21(29(33)38)13-22(12-18)30(34)39;3-2(4,5)1(6)7/h5-15,17,27,37H,4,16H2,1-3H3,(H2,32,35)(H2,33,38)(H2,34,39)(H,36,40);(H,6,7)/t27-;/m1./s1. The van der Waals surface area contributed by atoms with Crippen molar-refractivity contribution < 1.29 is 46.9 Å². The Kier molecular flexibility index (Phi) is 12.3. The molecule has 0 aliphatic rings. The number of nitrogens with one attached hydrogen (secondary N) is 2. The van der Waals surface area contributed by atoms with Crippen LogP contribution in [0.25, 0.3) is 10.8 Å². The number of nitrogens with two attached hydrogens (primary N) is 3. The number of aromatic nitrogens is 1. The van der Waals surface area contributed by atoms with Crippen LogP contribution in [-0.2, 0) is 16.1 Å². The number of carboxylic acids is 1. The highest BCUT2D eigenvalue weighted by Crippen LogP contribution is 2.33. The second-order valence-electron chi connectivity index (χ2n) is 10.7. The molecule has 1 heterocycles. The molecule has 13 nitrogen and oxygen atoms in total. The Labute approximate surface area is 278 Å². The summed E-state index contributed by atoms with van der Waals surface area (Å²) in [5.41, 5.74) is 18.8. The van der Waals surface area contributed by atoms with E-state index in [9.17, 15) is 27.6 Å². The molecule has 0 fully saturated rings. The minimum Gasteiger partial charge on any atom is -0.490 e. The van der Waals surface area contributed by atoms with Gasteiger partial charge in [-0.25, -0.2) is 9.78 Å². The quantitative estimate of drug-likeness (QED) is 0.124. The molecule has 9 N–H and O–H groups in total. The molecule has 0 unspecified atom stereocenters. The lowest BCUT2D eigenvalue weighted by Crippen LogP contribution is -2.33. The van der Waals surface area contributed by atoms with Gasteiger partial charge in [-0.1, -0.05) is 6.07 Å². The Bertz CT molecular complexity index is 1820. The zero-order valence-electron chi connectivity index (χ0n) is 26.6. The van der Waals surface area contributed by atoms with E-state index >= 15 is 0 Å². The molecule has 0 spiro atoms. The molecule has 3 aromatic carbocycles. The molecule has 1 atom stereocenters. The van der Waals surface area contributed by atoms with Crippen LogP contribution >= 0.6 is 0 Å². The average Bonchev–Trinajstić information content (AvgIpc) is 3.03. The van der Waals surface area contributed by atoms with Crippen molar-refractivity contribution in [1.29, 1.82) is 0 Å². The second kappa shape index (κ2) is 16.2. The molecule has 4 aromatic rings. The topological polar surface area (TPSA) is 222 Å². The van der Waals surface area contributed by atoms with Crippen molar-refractivity contribution in [2.45, 2.75) is 45.6 Å². The first-order valence-electron chi connectivity index (χ1n) is 14.7. The number of benzene rings is 3. The van der Waals surface area contributed by atoms with Crippen molar-refractivity contribution >= 4 is 46.0 Å². The molecule has 0 radical (unpaired) electrons. The van der Waals surface area contributed by atoms with Gasteiger partial charge < -0.3 is 42.4 Å². The van der Waals surface area contributed by atoms with Crippen LogP contribution in [0.1, 0.15) is 58.7 Å². The number of halogens is 3. The molecule has 0 saturated carbocycles. The molecule has 0 bridgehead atoms. The van der Waals surface area contributed by atoms with Crippen LogP contribution in [0.15, 0.2) is 66.9 Å². The van der Waals surface area contributed by atoms with E-state index in [4.69, 9.17) is 36.6 Å². The van der Waals surface area contributed by atoms with Crippen LogP contribution in [0, 0.1) is 0 Å². The molecule has 0 aliphatic carbocycles.